The van der Waals surface area contributed by atoms with E-state index in [0.717, 1.165) is 6.07 Å². The van der Waals surface area contributed by atoms with Crippen LogP contribution in [0.25, 0.3) is 12.2 Å². The molecule has 0 saturated heterocycles. The van der Waals surface area contributed by atoms with Crippen molar-refractivity contribution in [3.8, 4) is 11.5 Å². The lowest BCUT2D eigenvalue weighted by molar-refractivity contribution is -0.142. The van der Waals surface area contributed by atoms with Gasteiger partial charge in [-0.25, -0.2) is 0 Å². The fourth-order valence-electron chi connectivity index (χ4n) is 1.46. The van der Waals surface area contributed by atoms with E-state index >= 15 is 0 Å². The van der Waals surface area contributed by atoms with E-state index in [4.69, 9.17) is 4.74 Å². The van der Waals surface area contributed by atoms with Crippen LogP contribution in [0, 0.1) is 0 Å². The SMILES string of the molecule is COc1ccc(/C=C/c2cc(C(F)(F)F)no2)c(O)c1. The molecule has 0 amide bonds. The lowest BCUT2D eigenvalue weighted by Gasteiger charge is -2.02. The van der Waals surface area contributed by atoms with E-state index in [1.807, 2.05) is 0 Å². The fourth-order valence-corrected chi connectivity index (χ4v) is 1.46. The third-order valence-electron chi connectivity index (χ3n) is 2.48. The van der Waals surface area contributed by atoms with Crippen molar-refractivity contribution in [3.63, 3.8) is 0 Å². The molecule has 7 heteroatoms. The quantitative estimate of drug-likeness (QED) is 0.936. The molecule has 20 heavy (non-hydrogen) atoms. The minimum Gasteiger partial charge on any atom is -0.507 e. The van der Waals surface area contributed by atoms with Gasteiger partial charge in [0.25, 0.3) is 0 Å². The highest BCUT2D eigenvalue weighted by molar-refractivity contribution is 5.71. The van der Waals surface area contributed by atoms with Crippen LogP contribution in [-0.2, 0) is 6.18 Å². The summed E-state index contributed by atoms with van der Waals surface area (Å²) >= 11 is 0. The van der Waals surface area contributed by atoms with E-state index in [1.54, 1.807) is 12.1 Å². The van der Waals surface area contributed by atoms with Crippen LogP contribution < -0.4 is 4.74 Å². The molecule has 2 rings (SSSR count). The van der Waals surface area contributed by atoms with E-state index in [1.165, 1.54) is 25.3 Å². The average Bonchev–Trinajstić information content (AvgIpc) is 2.86. The largest absolute Gasteiger partial charge is 0.507 e. The van der Waals surface area contributed by atoms with Crippen molar-refractivity contribution in [3.05, 3.63) is 41.3 Å². The first-order valence-corrected chi connectivity index (χ1v) is 5.49. The topological polar surface area (TPSA) is 55.5 Å². The zero-order chi connectivity index (χ0) is 14.8. The summed E-state index contributed by atoms with van der Waals surface area (Å²) < 4.78 is 46.4. The molecule has 0 spiro atoms. The van der Waals surface area contributed by atoms with E-state index < -0.39 is 11.9 Å². The number of hydrogen-bond acceptors (Lipinski definition) is 4. The Bertz CT molecular complexity index is 632. The van der Waals surface area contributed by atoms with Crippen LogP contribution in [-0.4, -0.2) is 17.4 Å². The number of nitrogens with zero attached hydrogens (tertiary/aromatic N) is 1. The van der Waals surface area contributed by atoms with Crippen LogP contribution in [0.2, 0.25) is 0 Å². The molecular weight excluding hydrogens is 275 g/mol. The molecule has 0 fully saturated rings. The number of hydrogen-bond donors (Lipinski definition) is 1. The number of alkyl halides is 3. The Balaban J connectivity index is 2.19. The van der Waals surface area contributed by atoms with Gasteiger partial charge in [-0.1, -0.05) is 5.16 Å². The molecular formula is C13H10F3NO3. The maximum atomic E-state index is 12.3. The Morgan fingerprint density at radius 2 is 2.00 bits per heavy atom. The molecule has 0 bridgehead atoms. The second kappa shape index (κ2) is 5.28. The lowest BCUT2D eigenvalue weighted by atomic mass is 10.1. The van der Waals surface area contributed by atoms with Crippen LogP contribution in [0.15, 0.2) is 28.8 Å². The number of phenols is 1. The molecule has 2 aromatic rings. The second-order valence-corrected chi connectivity index (χ2v) is 3.87. The van der Waals surface area contributed by atoms with Gasteiger partial charge in [-0.05, 0) is 24.3 Å². The predicted octanol–water partition coefficient (Wildman–Crippen LogP) is 3.58. The molecule has 1 aromatic carbocycles. The molecule has 4 nitrogen and oxygen atoms in total. The molecule has 1 N–H and O–H groups in total. The highest BCUT2D eigenvalue weighted by Gasteiger charge is 2.34. The number of rotatable bonds is 3. The van der Waals surface area contributed by atoms with Gasteiger partial charge < -0.3 is 14.4 Å². The highest BCUT2D eigenvalue weighted by Crippen LogP contribution is 2.29. The van der Waals surface area contributed by atoms with Crippen molar-refractivity contribution >= 4 is 12.2 Å². The van der Waals surface area contributed by atoms with Crippen LogP contribution in [0.5, 0.6) is 11.5 Å². The van der Waals surface area contributed by atoms with Gasteiger partial charge in [-0.15, -0.1) is 0 Å². The van der Waals surface area contributed by atoms with Gasteiger partial charge in [-0.2, -0.15) is 13.2 Å². The molecule has 0 aliphatic carbocycles. The van der Waals surface area contributed by atoms with Gasteiger partial charge >= 0.3 is 6.18 Å². The van der Waals surface area contributed by atoms with Crippen molar-refractivity contribution in [2.45, 2.75) is 6.18 Å². The number of ether oxygens (including phenoxy) is 1. The van der Waals surface area contributed by atoms with E-state index in [0.29, 0.717) is 11.3 Å². The zero-order valence-corrected chi connectivity index (χ0v) is 10.3. The van der Waals surface area contributed by atoms with E-state index in [9.17, 15) is 18.3 Å². The van der Waals surface area contributed by atoms with Crippen LogP contribution in [0.1, 0.15) is 17.0 Å². The summed E-state index contributed by atoms with van der Waals surface area (Å²) in [5.41, 5.74) is -0.688. The third kappa shape index (κ3) is 3.11. The van der Waals surface area contributed by atoms with Crippen molar-refractivity contribution in [2.75, 3.05) is 7.11 Å². The molecule has 0 atom stereocenters. The minimum absolute atomic E-state index is 0.0591. The Morgan fingerprint density at radius 3 is 2.55 bits per heavy atom. The molecule has 0 aliphatic rings. The summed E-state index contributed by atoms with van der Waals surface area (Å²) in [5, 5.41) is 12.6. The monoisotopic (exact) mass is 285 g/mol. The van der Waals surface area contributed by atoms with Crippen molar-refractivity contribution < 1.29 is 27.5 Å². The first-order valence-electron chi connectivity index (χ1n) is 5.49. The predicted molar refractivity (Wildman–Crippen MR) is 65.1 cm³/mol. The Morgan fingerprint density at radius 1 is 1.25 bits per heavy atom. The summed E-state index contributed by atoms with van der Waals surface area (Å²) in [4.78, 5) is 0. The van der Waals surface area contributed by atoms with Crippen molar-refractivity contribution in [1.82, 2.24) is 5.16 Å². The number of aromatic nitrogens is 1. The third-order valence-corrected chi connectivity index (χ3v) is 2.48. The van der Waals surface area contributed by atoms with Gasteiger partial charge in [-0.3, -0.25) is 0 Å². The normalized spacial score (nSPS) is 12.0. The second-order valence-electron chi connectivity index (χ2n) is 3.87. The maximum absolute atomic E-state index is 12.3. The molecule has 0 saturated carbocycles. The molecule has 0 aliphatic heterocycles. The van der Waals surface area contributed by atoms with E-state index in [2.05, 4.69) is 9.68 Å². The highest BCUT2D eigenvalue weighted by atomic mass is 19.4. The van der Waals surface area contributed by atoms with Crippen LogP contribution >= 0.6 is 0 Å². The number of aromatic hydroxyl groups is 1. The Kier molecular flexibility index (Phi) is 3.69. The number of benzene rings is 1. The summed E-state index contributed by atoms with van der Waals surface area (Å²) in [6.07, 6.45) is -1.85. The van der Waals surface area contributed by atoms with E-state index in [-0.39, 0.29) is 11.5 Å². The number of phenolic OH excluding ortho intramolecular Hbond substituents is 1. The molecule has 0 radical (unpaired) electrons. The van der Waals surface area contributed by atoms with Gasteiger partial charge in [0.15, 0.2) is 11.5 Å². The lowest BCUT2D eigenvalue weighted by Crippen LogP contribution is -2.04. The molecule has 106 valence electrons. The zero-order valence-electron chi connectivity index (χ0n) is 10.3. The summed E-state index contributed by atoms with van der Waals surface area (Å²) in [6, 6.07) is 5.34. The van der Waals surface area contributed by atoms with Gasteiger partial charge in [0, 0.05) is 17.7 Å². The first kappa shape index (κ1) is 14.0. The van der Waals surface area contributed by atoms with Gasteiger partial charge in [0.1, 0.15) is 11.5 Å². The van der Waals surface area contributed by atoms with Crippen molar-refractivity contribution in [2.24, 2.45) is 0 Å². The Hall–Kier alpha value is -2.44. The fraction of sp³-hybridized carbons (Fsp3) is 0.154. The Labute approximate surface area is 112 Å². The number of methoxy groups -OCH3 is 1. The molecule has 1 heterocycles. The van der Waals surface area contributed by atoms with Crippen molar-refractivity contribution in [1.29, 1.82) is 0 Å². The maximum Gasteiger partial charge on any atom is 0.436 e. The minimum atomic E-state index is -4.54. The number of halogens is 3. The molecule has 0 unspecified atom stereocenters. The standard InChI is InChI=1S/C13H10F3NO3/c1-19-9-4-2-8(11(18)6-9)3-5-10-7-12(17-20-10)13(14,15)16/h2-7,18H,1H3/b5-3+. The van der Waals surface area contributed by atoms with Gasteiger partial charge in [0.05, 0.1) is 7.11 Å². The van der Waals surface area contributed by atoms with Crippen LogP contribution in [0.3, 0.4) is 0 Å². The summed E-state index contributed by atoms with van der Waals surface area (Å²) in [6.45, 7) is 0. The van der Waals surface area contributed by atoms with Gasteiger partial charge in [0.2, 0.25) is 0 Å². The smallest absolute Gasteiger partial charge is 0.436 e. The molecule has 1 aromatic heterocycles. The van der Waals surface area contributed by atoms with Crippen LogP contribution in [0.4, 0.5) is 13.2 Å². The average molecular weight is 285 g/mol. The summed E-state index contributed by atoms with van der Waals surface area (Å²) in [7, 11) is 1.46. The summed E-state index contributed by atoms with van der Waals surface area (Å²) in [5.74, 6) is 0.349. The first-order chi connectivity index (χ1) is 9.40.